The lowest BCUT2D eigenvalue weighted by Crippen LogP contribution is -2.12. The van der Waals surface area contributed by atoms with Gasteiger partial charge in [-0.15, -0.1) is 11.3 Å². The number of fused-ring (bicyclic) bond motifs is 1. The van der Waals surface area contributed by atoms with Crippen LogP contribution in [0.15, 0.2) is 78.9 Å². The summed E-state index contributed by atoms with van der Waals surface area (Å²) >= 11 is 13.6. The third-order valence-electron chi connectivity index (χ3n) is 5.53. The maximum atomic E-state index is 13.2. The number of amides is 1. The monoisotopic (exact) mass is 503 g/mol. The van der Waals surface area contributed by atoms with Gasteiger partial charge in [0.25, 0.3) is 5.91 Å². The summed E-state index contributed by atoms with van der Waals surface area (Å²) < 4.78 is 0. The van der Waals surface area contributed by atoms with Gasteiger partial charge in [0, 0.05) is 16.0 Å². The van der Waals surface area contributed by atoms with Crippen LogP contribution < -0.4 is 11.1 Å². The van der Waals surface area contributed by atoms with Crippen molar-refractivity contribution >= 4 is 62.0 Å². The molecular formula is C27H19Cl2N3OS. The summed E-state index contributed by atoms with van der Waals surface area (Å²) in [5.41, 5.74) is 12.3. The number of thiophene rings is 1. The summed E-state index contributed by atoms with van der Waals surface area (Å²) in [5, 5.41) is 4.70. The van der Waals surface area contributed by atoms with Gasteiger partial charge in [-0.1, -0.05) is 77.3 Å². The van der Waals surface area contributed by atoms with Crippen molar-refractivity contribution < 1.29 is 4.79 Å². The molecule has 0 radical (unpaired) electrons. The normalized spacial score (nSPS) is 11.0. The van der Waals surface area contributed by atoms with Crippen LogP contribution in [0.25, 0.3) is 32.6 Å². The summed E-state index contributed by atoms with van der Waals surface area (Å²) in [5.74, 6) is -0.326. The molecule has 0 saturated heterocycles. The van der Waals surface area contributed by atoms with Crippen molar-refractivity contribution in [2.24, 2.45) is 0 Å². The molecule has 3 N–H and O–H groups in total. The highest BCUT2D eigenvalue weighted by atomic mass is 35.5. The number of aryl methyl sites for hydroxylation is 1. The number of nitrogens with two attached hydrogens (primary N) is 1. The highest BCUT2D eigenvalue weighted by Crippen LogP contribution is 2.42. The van der Waals surface area contributed by atoms with E-state index in [1.54, 1.807) is 18.2 Å². The number of carbonyl (C=O) groups excluding carboxylic acids is 1. The fraction of sp³-hybridized carbons (Fsp3) is 0.0370. The number of nitrogen functional groups attached to an aromatic ring is 1. The first-order valence-electron chi connectivity index (χ1n) is 10.5. The first-order valence-corrected chi connectivity index (χ1v) is 12.1. The van der Waals surface area contributed by atoms with E-state index in [0.717, 1.165) is 27.8 Å². The third-order valence-corrected chi connectivity index (χ3v) is 7.21. The Labute approximate surface area is 211 Å². The molecule has 0 fully saturated rings. The summed E-state index contributed by atoms with van der Waals surface area (Å²) in [6.45, 7) is 2.05. The van der Waals surface area contributed by atoms with Crippen LogP contribution in [0, 0.1) is 6.92 Å². The molecule has 5 aromatic rings. The number of anilines is 2. The van der Waals surface area contributed by atoms with Crippen molar-refractivity contribution in [2.75, 3.05) is 11.1 Å². The number of nitrogens with one attached hydrogen (secondary N) is 1. The van der Waals surface area contributed by atoms with Crippen molar-refractivity contribution in [1.82, 2.24) is 4.98 Å². The number of rotatable bonds is 4. The molecule has 4 nitrogen and oxygen atoms in total. The second-order valence-corrected chi connectivity index (χ2v) is 9.73. The molecule has 0 atom stereocenters. The van der Waals surface area contributed by atoms with Gasteiger partial charge < -0.3 is 11.1 Å². The Morgan fingerprint density at radius 2 is 1.62 bits per heavy atom. The average Bonchev–Trinajstić information content (AvgIpc) is 3.17. The number of aromatic nitrogens is 1. The minimum Gasteiger partial charge on any atom is -0.397 e. The van der Waals surface area contributed by atoms with Crippen molar-refractivity contribution in [3.8, 4) is 22.4 Å². The summed E-state index contributed by atoms with van der Waals surface area (Å²) in [6.07, 6.45) is 0. The van der Waals surface area contributed by atoms with Gasteiger partial charge in [-0.3, -0.25) is 4.79 Å². The molecule has 0 unspecified atom stereocenters. The molecule has 3 aromatic carbocycles. The Morgan fingerprint density at radius 3 is 2.32 bits per heavy atom. The van der Waals surface area contributed by atoms with Crippen LogP contribution >= 0.6 is 34.5 Å². The molecule has 168 valence electrons. The highest BCUT2D eigenvalue weighted by Gasteiger charge is 2.22. The fourth-order valence-electron chi connectivity index (χ4n) is 3.76. The number of pyridine rings is 1. The molecule has 2 heterocycles. The van der Waals surface area contributed by atoms with Crippen molar-refractivity contribution in [3.05, 3.63) is 99.3 Å². The number of carbonyl (C=O) groups is 1. The Hall–Kier alpha value is -3.38. The molecule has 1 amide bonds. The van der Waals surface area contributed by atoms with E-state index >= 15 is 0 Å². The van der Waals surface area contributed by atoms with Crippen molar-refractivity contribution in [3.63, 3.8) is 0 Å². The Balaban J connectivity index is 1.68. The van der Waals surface area contributed by atoms with E-state index in [4.69, 9.17) is 33.9 Å². The van der Waals surface area contributed by atoms with Gasteiger partial charge in [-0.2, -0.15) is 0 Å². The molecule has 5 rings (SSSR count). The number of nitrogens with zero attached hydrogens (tertiary/aromatic N) is 1. The summed E-state index contributed by atoms with van der Waals surface area (Å²) in [6, 6.07) is 24.8. The van der Waals surface area contributed by atoms with Gasteiger partial charge in [0.2, 0.25) is 0 Å². The van der Waals surface area contributed by atoms with E-state index in [1.165, 1.54) is 16.9 Å². The number of halogens is 2. The molecular weight excluding hydrogens is 485 g/mol. The maximum Gasteiger partial charge on any atom is 0.267 e. The van der Waals surface area contributed by atoms with E-state index in [2.05, 4.69) is 17.4 Å². The largest absolute Gasteiger partial charge is 0.397 e. The van der Waals surface area contributed by atoms with Gasteiger partial charge >= 0.3 is 0 Å². The second-order valence-electron chi connectivity index (χ2n) is 7.89. The molecule has 0 aliphatic carbocycles. The average molecular weight is 504 g/mol. The number of hydrogen-bond donors (Lipinski definition) is 2. The molecule has 2 aromatic heterocycles. The van der Waals surface area contributed by atoms with E-state index in [-0.39, 0.29) is 5.91 Å². The van der Waals surface area contributed by atoms with E-state index in [1.807, 2.05) is 55.5 Å². The lowest BCUT2D eigenvalue weighted by molar-refractivity contribution is 0.103. The van der Waals surface area contributed by atoms with E-state index < -0.39 is 0 Å². The summed E-state index contributed by atoms with van der Waals surface area (Å²) in [4.78, 5) is 19.1. The predicted octanol–water partition coefficient (Wildman–Crippen LogP) is 8.08. The van der Waals surface area contributed by atoms with Gasteiger partial charge in [-0.05, 0) is 48.4 Å². The van der Waals surface area contributed by atoms with E-state index in [9.17, 15) is 4.79 Å². The lowest BCUT2D eigenvalue weighted by Gasteiger charge is -2.09. The van der Waals surface area contributed by atoms with Crippen LogP contribution in [0.3, 0.4) is 0 Å². The van der Waals surface area contributed by atoms with Crippen LogP contribution in [0.2, 0.25) is 10.0 Å². The van der Waals surface area contributed by atoms with Crippen LogP contribution in [-0.4, -0.2) is 10.9 Å². The van der Waals surface area contributed by atoms with Crippen LogP contribution in [0.4, 0.5) is 11.4 Å². The molecule has 34 heavy (non-hydrogen) atoms. The Bertz CT molecular complexity index is 1530. The smallest absolute Gasteiger partial charge is 0.267 e. The zero-order valence-corrected chi connectivity index (χ0v) is 20.4. The third kappa shape index (κ3) is 4.26. The Morgan fingerprint density at radius 1 is 0.941 bits per heavy atom. The Kier molecular flexibility index (Phi) is 6.00. The van der Waals surface area contributed by atoms with Crippen LogP contribution in [0.1, 0.15) is 15.2 Å². The van der Waals surface area contributed by atoms with Gasteiger partial charge in [0.15, 0.2) is 0 Å². The molecule has 7 heteroatoms. The van der Waals surface area contributed by atoms with Crippen LogP contribution in [-0.2, 0) is 0 Å². The zero-order valence-electron chi connectivity index (χ0n) is 18.1. The van der Waals surface area contributed by atoms with E-state index in [0.29, 0.717) is 31.1 Å². The molecule has 0 saturated carbocycles. The molecule has 0 aliphatic heterocycles. The summed E-state index contributed by atoms with van der Waals surface area (Å²) in [7, 11) is 0. The maximum absolute atomic E-state index is 13.2. The van der Waals surface area contributed by atoms with Crippen LogP contribution in [0.5, 0.6) is 0 Å². The van der Waals surface area contributed by atoms with Crippen molar-refractivity contribution in [2.45, 2.75) is 6.92 Å². The minimum atomic E-state index is -0.326. The first-order chi connectivity index (χ1) is 16.4. The topological polar surface area (TPSA) is 68.0 Å². The lowest BCUT2D eigenvalue weighted by atomic mass is 9.99. The fourth-order valence-corrected chi connectivity index (χ4v) is 5.08. The van der Waals surface area contributed by atoms with Gasteiger partial charge in [0.1, 0.15) is 9.71 Å². The van der Waals surface area contributed by atoms with Gasteiger partial charge in [-0.25, -0.2) is 4.98 Å². The van der Waals surface area contributed by atoms with Crippen molar-refractivity contribution in [1.29, 1.82) is 0 Å². The highest BCUT2D eigenvalue weighted by molar-refractivity contribution is 7.21. The standard InChI is InChI=1S/C27H19Cl2N3OS/c1-15-6-8-17(9-7-15)22-14-19(16-10-12-18(28)13-11-16)23-24(30)25(34-27(23)32-22)26(33)31-21-5-3-2-4-20(21)29/h2-14H,30H2,1H3,(H,31,33). The molecule has 0 bridgehead atoms. The number of hydrogen-bond acceptors (Lipinski definition) is 4. The van der Waals surface area contributed by atoms with Gasteiger partial charge in [0.05, 0.1) is 22.1 Å². The quantitative estimate of drug-likeness (QED) is 0.260. The first kappa shape index (κ1) is 22.4. The minimum absolute atomic E-state index is 0.326. The second kappa shape index (κ2) is 9.11. The number of benzene rings is 3. The molecule has 0 spiro atoms. The predicted molar refractivity (Wildman–Crippen MR) is 144 cm³/mol. The number of para-hydroxylation sites is 1. The SMILES string of the molecule is Cc1ccc(-c2cc(-c3ccc(Cl)cc3)c3c(N)c(C(=O)Nc4ccccc4Cl)sc3n2)cc1. The molecule has 0 aliphatic rings. The zero-order chi connectivity index (χ0) is 23.8.